The molecule has 39 heavy (non-hydrogen) atoms. The number of aromatic nitrogens is 2. The topological polar surface area (TPSA) is 162 Å². The molecular weight excluding hydrogens is 526 g/mol. The van der Waals surface area contributed by atoms with Crippen molar-refractivity contribution >= 4 is 26.5 Å². The molecule has 11 nitrogen and oxygen atoms in total. The summed E-state index contributed by atoms with van der Waals surface area (Å²) in [6.45, 7) is 1.67. The summed E-state index contributed by atoms with van der Waals surface area (Å²) in [5.41, 5.74) is 8.66. The van der Waals surface area contributed by atoms with Gasteiger partial charge in [0.15, 0.2) is 0 Å². The van der Waals surface area contributed by atoms with Gasteiger partial charge in [-0.1, -0.05) is 36.4 Å². The van der Waals surface area contributed by atoms with Gasteiger partial charge >= 0.3 is 16.5 Å². The number of para-hydroxylation sites is 1. The Morgan fingerprint density at radius 2 is 1.72 bits per heavy atom. The van der Waals surface area contributed by atoms with E-state index in [0.717, 1.165) is 16.5 Å². The average molecular weight is 550 g/mol. The van der Waals surface area contributed by atoms with E-state index in [4.69, 9.17) is 19.6 Å². The third kappa shape index (κ3) is 5.14. The molecule has 0 unspecified atom stereocenters. The van der Waals surface area contributed by atoms with Gasteiger partial charge in [-0.3, -0.25) is 4.63 Å². The maximum absolute atomic E-state index is 12.8. The lowest BCUT2D eigenvalue weighted by molar-refractivity contribution is -0.832. The van der Waals surface area contributed by atoms with E-state index < -0.39 is 26.4 Å². The van der Waals surface area contributed by atoms with Gasteiger partial charge in [0.1, 0.15) is 24.5 Å². The molecule has 0 aliphatic rings. The van der Waals surface area contributed by atoms with Crippen molar-refractivity contribution in [1.82, 2.24) is 5.16 Å². The van der Waals surface area contributed by atoms with Gasteiger partial charge in [0.2, 0.25) is 0 Å². The molecule has 5 rings (SSSR count). The fourth-order valence-corrected chi connectivity index (χ4v) is 5.39. The number of hydrogen-bond donors (Lipinski definition) is 1. The van der Waals surface area contributed by atoms with Crippen molar-refractivity contribution in [1.29, 1.82) is 0 Å². The summed E-state index contributed by atoms with van der Waals surface area (Å²) in [4.78, 5) is 12.4. The van der Waals surface area contributed by atoms with E-state index in [1.807, 2.05) is 25.1 Å². The number of rotatable bonds is 9. The van der Waals surface area contributed by atoms with Crippen LogP contribution in [-0.2, 0) is 16.3 Å². The number of nitrogens with two attached hydrogens (primary N) is 1. The molecule has 0 radical (unpaired) electrons. The van der Waals surface area contributed by atoms with E-state index in [2.05, 4.69) is 9.79 Å². The molecule has 3 aromatic carbocycles. The lowest BCUT2D eigenvalue weighted by atomic mass is 9.99. The van der Waals surface area contributed by atoms with E-state index in [-0.39, 0.29) is 23.0 Å². The molecule has 2 aromatic heterocycles. The van der Waals surface area contributed by atoms with Crippen LogP contribution < -0.4 is 25.7 Å². The monoisotopic (exact) mass is 549 g/mol. The van der Waals surface area contributed by atoms with Crippen LogP contribution in [0.4, 0.5) is 5.69 Å². The Balaban J connectivity index is 1.28. The normalized spacial score (nSPS) is 11.5. The van der Waals surface area contributed by atoms with E-state index in [1.54, 1.807) is 30.3 Å². The quantitative estimate of drug-likeness (QED) is 0.125. The van der Waals surface area contributed by atoms with Crippen molar-refractivity contribution in [3.63, 3.8) is 0 Å². The fourth-order valence-electron chi connectivity index (χ4n) is 4.09. The highest BCUT2D eigenvalue weighted by atomic mass is 32.2. The predicted octanol–water partition coefficient (Wildman–Crippen LogP) is 3.19. The summed E-state index contributed by atoms with van der Waals surface area (Å²) < 4.78 is 46.8. The first-order valence-corrected chi connectivity index (χ1v) is 13.3. The van der Waals surface area contributed by atoms with Crippen LogP contribution in [0.2, 0.25) is 0 Å². The third-order valence-corrected chi connectivity index (χ3v) is 7.85. The number of benzene rings is 3. The van der Waals surface area contributed by atoms with Gasteiger partial charge in [0.05, 0.1) is 10.1 Å². The van der Waals surface area contributed by atoms with Gasteiger partial charge in [-0.05, 0) is 53.3 Å². The van der Waals surface area contributed by atoms with Crippen LogP contribution in [0.5, 0.6) is 11.6 Å². The zero-order chi connectivity index (χ0) is 27.6. The van der Waals surface area contributed by atoms with Gasteiger partial charge in [-0.15, -0.1) is 0 Å². The number of hydrogen-bond acceptors (Lipinski definition) is 10. The summed E-state index contributed by atoms with van der Waals surface area (Å²) in [6, 6.07) is 19.8. The molecule has 0 aliphatic carbocycles. The molecule has 0 bridgehead atoms. The molecule has 200 valence electrons. The second kappa shape index (κ2) is 10.5. The van der Waals surface area contributed by atoms with Crippen LogP contribution in [-0.4, -0.2) is 26.8 Å². The van der Waals surface area contributed by atoms with Crippen LogP contribution >= 0.6 is 0 Å². The fraction of sp³-hybridized carbons (Fsp3) is 0.148. The molecule has 0 saturated heterocycles. The highest BCUT2D eigenvalue weighted by Gasteiger charge is 2.35. The summed E-state index contributed by atoms with van der Waals surface area (Å²) in [6.07, 6.45) is 0.347. The SMILES string of the molecule is Cc1c(Cc2ccccc2N)c(=O)oc2cc(OCCOc3no[n+]([O-])c3S(=O)(=O)c3ccccc3)ccc12. The van der Waals surface area contributed by atoms with Gasteiger partial charge in [0.25, 0.3) is 9.84 Å². The van der Waals surface area contributed by atoms with Crippen LogP contribution in [0, 0.1) is 12.1 Å². The molecule has 2 N–H and O–H groups in total. The van der Waals surface area contributed by atoms with Crippen molar-refractivity contribution in [2.75, 3.05) is 18.9 Å². The highest BCUT2D eigenvalue weighted by molar-refractivity contribution is 7.91. The first-order chi connectivity index (χ1) is 18.8. The molecule has 0 atom stereocenters. The van der Waals surface area contributed by atoms with E-state index in [0.29, 0.717) is 29.0 Å². The Bertz CT molecular complexity index is 1810. The molecule has 12 heteroatoms. The van der Waals surface area contributed by atoms with Crippen LogP contribution in [0.15, 0.2) is 96.6 Å². The Labute approximate surface area is 222 Å². The number of ether oxygens (including phenoxy) is 2. The predicted molar refractivity (Wildman–Crippen MR) is 139 cm³/mol. The summed E-state index contributed by atoms with van der Waals surface area (Å²) in [5.74, 6) is -0.0888. The smallest absolute Gasteiger partial charge is 0.415 e. The molecule has 0 spiro atoms. The third-order valence-electron chi connectivity index (χ3n) is 6.13. The Hall–Kier alpha value is -4.84. The number of anilines is 1. The molecule has 2 heterocycles. The molecule has 5 aromatic rings. The highest BCUT2D eigenvalue weighted by Crippen LogP contribution is 2.27. The summed E-state index contributed by atoms with van der Waals surface area (Å²) >= 11 is 0. The number of sulfone groups is 1. The number of aryl methyl sites for hydroxylation is 1. The van der Waals surface area contributed by atoms with Gasteiger partial charge in [-0.2, -0.15) is 0 Å². The van der Waals surface area contributed by atoms with E-state index in [1.165, 1.54) is 24.3 Å². The Morgan fingerprint density at radius 3 is 2.49 bits per heavy atom. The van der Waals surface area contributed by atoms with Gasteiger partial charge in [0, 0.05) is 29.1 Å². The molecule has 0 fully saturated rings. The standard InChI is InChI=1S/C27H23N3O8S/c1-17-21-12-11-19(16-24(21)37-27(31)22(17)15-18-7-5-6-10-23(18)28)35-13-14-36-25-26(30(32)38-29-25)39(33,34)20-8-3-2-4-9-20/h2-12,16H,13-15,28H2,1H3. The van der Waals surface area contributed by atoms with Gasteiger partial charge in [-0.25, -0.2) is 13.2 Å². The first kappa shape index (κ1) is 25.8. The second-order valence-corrected chi connectivity index (χ2v) is 10.4. The van der Waals surface area contributed by atoms with E-state index in [9.17, 15) is 18.4 Å². The molecular formula is C27H23N3O8S. The molecule has 0 aliphatic heterocycles. The lowest BCUT2D eigenvalue weighted by Gasteiger charge is -2.11. The second-order valence-electron chi connectivity index (χ2n) is 8.58. The Kier molecular flexibility index (Phi) is 6.94. The number of nitrogens with zero attached hydrogens (tertiary/aromatic N) is 2. The van der Waals surface area contributed by atoms with Crippen molar-refractivity contribution < 1.29 is 31.8 Å². The van der Waals surface area contributed by atoms with Crippen LogP contribution in [0.25, 0.3) is 11.0 Å². The van der Waals surface area contributed by atoms with Gasteiger partial charge < -0.3 is 24.8 Å². The van der Waals surface area contributed by atoms with Crippen molar-refractivity contribution in [3.8, 4) is 11.6 Å². The lowest BCUT2D eigenvalue weighted by Crippen LogP contribution is -2.31. The first-order valence-electron chi connectivity index (χ1n) is 11.8. The van der Waals surface area contributed by atoms with Crippen molar-refractivity contribution in [2.24, 2.45) is 0 Å². The molecule has 0 amide bonds. The Morgan fingerprint density at radius 1 is 1.00 bits per heavy atom. The average Bonchev–Trinajstić information content (AvgIpc) is 3.31. The zero-order valence-electron chi connectivity index (χ0n) is 20.7. The minimum atomic E-state index is -4.23. The number of nitrogen functional groups attached to an aromatic ring is 1. The summed E-state index contributed by atoms with van der Waals surface area (Å²) in [5, 5.41) is 15.4. The maximum atomic E-state index is 12.8. The van der Waals surface area contributed by atoms with Crippen molar-refractivity contribution in [3.05, 3.63) is 105 Å². The van der Waals surface area contributed by atoms with Crippen LogP contribution in [0.1, 0.15) is 16.7 Å². The minimum absolute atomic E-state index is 0.0311. The summed E-state index contributed by atoms with van der Waals surface area (Å²) in [7, 11) is -4.23. The van der Waals surface area contributed by atoms with Crippen LogP contribution in [0.3, 0.4) is 0 Å². The largest absolute Gasteiger partial charge is 0.490 e. The van der Waals surface area contributed by atoms with E-state index >= 15 is 0 Å². The zero-order valence-corrected chi connectivity index (χ0v) is 21.5. The number of fused-ring (bicyclic) bond motifs is 1. The van der Waals surface area contributed by atoms with Crippen molar-refractivity contribution in [2.45, 2.75) is 23.3 Å². The maximum Gasteiger partial charge on any atom is 0.415 e. The molecule has 0 saturated carbocycles. The minimum Gasteiger partial charge on any atom is -0.490 e.